The highest BCUT2D eigenvalue weighted by Gasteiger charge is 2.22. The van der Waals surface area contributed by atoms with Crippen molar-refractivity contribution in [3.63, 3.8) is 0 Å². The van der Waals surface area contributed by atoms with Crippen LogP contribution in [0.3, 0.4) is 0 Å². The number of nitrogens with zero attached hydrogens (tertiary/aromatic N) is 3. The van der Waals surface area contributed by atoms with Crippen LogP contribution in [0.5, 0.6) is 0 Å². The molecule has 1 amide bonds. The van der Waals surface area contributed by atoms with Crippen LogP contribution in [0.25, 0.3) is 0 Å². The summed E-state index contributed by atoms with van der Waals surface area (Å²) in [4.78, 5) is 20.7. The summed E-state index contributed by atoms with van der Waals surface area (Å²) in [5.41, 5.74) is 7.83. The van der Waals surface area contributed by atoms with Crippen LogP contribution in [0.15, 0.2) is 6.07 Å². The maximum Gasteiger partial charge on any atom is 0.252 e. The van der Waals surface area contributed by atoms with Crippen LogP contribution in [0.2, 0.25) is 0 Å². The number of primary amides is 1. The molecule has 1 unspecified atom stereocenters. The van der Waals surface area contributed by atoms with Crippen LogP contribution in [0.4, 0.5) is 5.82 Å². The van der Waals surface area contributed by atoms with Gasteiger partial charge in [-0.25, -0.2) is 4.98 Å². The molecule has 1 aromatic rings. The summed E-state index contributed by atoms with van der Waals surface area (Å²) in [6, 6.07) is 2.25. The molecular formula is C16H26N4O2. The Balaban J connectivity index is 2.18. The highest BCUT2D eigenvalue weighted by Crippen LogP contribution is 2.22. The van der Waals surface area contributed by atoms with E-state index in [9.17, 15) is 4.79 Å². The standard InChI is InChI=1S/C16H26N4O2/c1-11-9-12(2)18-16(14(11)15(17)21)19(4)10-13(3)20-5-7-22-8-6-20/h9,13H,5-8,10H2,1-4H3,(H2,17,21). The van der Waals surface area contributed by atoms with E-state index in [1.54, 1.807) is 0 Å². The first kappa shape index (κ1) is 16.7. The average molecular weight is 306 g/mol. The number of anilines is 1. The van der Waals surface area contributed by atoms with Gasteiger partial charge in [-0.1, -0.05) is 0 Å². The predicted molar refractivity (Wildman–Crippen MR) is 87.4 cm³/mol. The molecule has 6 heteroatoms. The van der Waals surface area contributed by atoms with Crippen LogP contribution in [0, 0.1) is 13.8 Å². The quantitative estimate of drug-likeness (QED) is 0.877. The lowest BCUT2D eigenvalue weighted by Crippen LogP contribution is -2.47. The van der Waals surface area contributed by atoms with Gasteiger partial charge in [0.2, 0.25) is 0 Å². The molecule has 1 atom stereocenters. The Morgan fingerprint density at radius 1 is 1.45 bits per heavy atom. The highest BCUT2D eigenvalue weighted by atomic mass is 16.5. The molecule has 6 nitrogen and oxygen atoms in total. The number of amides is 1. The number of pyridine rings is 1. The van der Waals surface area contributed by atoms with Gasteiger partial charge < -0.3 is 15.4 Å². The molecule has 0 aromatic carbocycles. The van der Waals surface area contributed by atoms with Crippen molar-refractivity contribution in [1.82, 2.24) is 9.88 Å². The largest absolute Gasteiger partial charge is 0.379 e. The van der Waals surface area contributed by atoms with Gasteiger partial charge in [0.1, 0.15) is 5.82 Å². The molecule has 122 valence electrons. The summed E-state index contributed by atoms with van der Waals surface area (Å²) in [5, 5.41) is 0. The molecule has 1 aliphatic heterocycles. The first-order chi connectivity index (χ1) is 10.4. The number of nitrogens with two attached hydrogens (primary N) is 1. The lowest BCUT2D eigenvalue weighted by molar-refractivity contribution is 0.0217. The van der Waals surface area contributed by atoms with Crippen molar-refractivity contribution >= 4 is 11.7 Å². The number of carbonyl (C=O) groups excluding carboxylic acids is 1. The van der Waals surface area contributed by atoms with Crippen LogP contribution in [-0.4, -0.2) is 61.7 Å². The molecule has 1 fully saturated rings. The second kappa shape index (κ2) is 7.07. The maximum atomic E-state index is 11.8. The highest BCUT2D eigenvalue weighted by molar-refractivity contribution is 5.99. The molecule has 2 heterocycles. The van der Waals surface area contributed by atoms with Crippen molar-refractivity contribution in [3.8, 4) is 0 Å². The topological polar surface area (TPSA) is 71.7 Å². The monoisotopic (exact) mass is 306 g/mol. The second-order valence-electron chi connectivity index (χ2n) is 6.02. The van der Waals surface area contributed by atoms with Gasteiger partial charge in [0, 0.05) is 38.4 Å². The van der Waals surface area contributed by atoms with E-state index in [4.69, 9.17) is 10.5 Å². The van der Waals surface area contributed by atoms with Crippen molar-refractivity contribution in [2.45, 2.75) is 26.8 Å². The van der Waals surface area contributed by atoms with E-state index in [1.165, 1.54) is 0 Å². The zero-order chi connectivity index (χ0) is 16.3. The van der Waals surface area contributed by atoms with E-state index in [2.05, 4.69) is 16.8 Å². The summed E-state index contributed by atoms with van der Waals surface area (Å²) < 4.78 is 5.39. The first-order valence-corrected chi connectivity index (χ1v) is 7.71. The molecule has 0 bridgehead atoms. The Bertz CT molecular complexity index is 541. The Hall–Kier alpha value is -1.66. The third kappa shape index (κ3) is 3.75. The van der Waals surface area contributed by atoms with Crippen molar-refractivity contribution in [2.75, 3.05) is 44.8 Å². The van der Waals surface area contributed by atoms with E-state index in [0.29, 0.717) is 17.4 Å². The fourth-order valence-electron chi connectivity index (χ4n) is 3.01. The van der Waals surface area contributed by atoms with Gasteiger partial charge in [-0.15, -0.1) is 0 Å². The molecule has 1 aliphatic rings. The van der Waals surface area contributed by atoms with Crippen LogP contribution >= 0.6 is 0 Å². The molecular weight excluding hydrogens is 280 g/mol. The lowest BCUT2D eigenvalue weighted by Gasteiger charge is -2.35. The molecule has 2 rings (SSSR count). The Morgan fingerprint density at radius 2 is 2.09 bits per heavy atom. The number of hydrogen-bond donors (Lipinski definition) is 1. The Labute approximate surface area is 132 Å². The minimum absolute atomic E-state index is 0.359. The number of carbonyl (C=O) groups is 1. The zero-order valence-corrected chi connectivity index (χ0v) is 13.9. The number of ether oxygens (including phenoxy) is 1. The Kier molecular flexibility index (Phi) is 5.37. The molecule has 1 aromatic heterocycles. The fraction of sp³-hybridized carbons (Fsp3) is 0.625. The molecule has 0 radical (unpaired) electrons. The van der Waals surface area contributed by atoms with Crippen molar-refractivity contribution < 1.29 is 9.53 Å². The van der Waals surface area contributed by atoms with Gasteiger partial charge in [-0.3, -0.25) is 9.69 Å². The van der Waals surface area contributed by atoms with Gasteiger partial charge in [0.25, 0.3) is 5.91 Å². The van der Waals surface area contributed by atoms with E-state index < -0.39 is 5.91 Å². The number of hydrogen-bond acceptors (Lipinski definition) is 5. The van der Waals surface area contributed by atoms with Crippen molar-refractivity contribution in [3.05, 3.63) is 22.9 Å². The average Bonchev–Trinajstić information content (AvgIpc) is 2.46. The van der Waals surface area contributed by atoms with E-state index in [-0.39, 0.29) is 0 Å². The fourth-order valence-corrected chi connectivity index (χ4v) is 3.01. The van der Waals surface area contributed by atoms with Crippen molar-refractivity contribution in [2.24, 2.45) is 5.73 Å². The number of aromatic nitrogens is 1. The summed E-state index contributed by atoms with van der Waals surface area (Å²) in [7, 11) is 1.96. The summed E-state index contributed by atoms with van der Waals surface area (Å²) in [6.45, 7) is 10.3. The third-order valence-corrected chi connectivity index (χ3v) is 4.14. The van der Waals surface area contributed by atoms with Crippen LogP contribution < -0.4 is 10.6 Å². The summed E-state index contributed by atoms with van der Waals surface area (Å²) in [6.07, 6.45) is 0. The van der Waals surface area contributed by atoms with E-state index in [1.807, 2.05) is 31.9 Å². The molecule has 0 aliphatic carbocycles. The number of likely N-dealkylation sites (N-methyl/N-ethyl adjacent to an activating group) is 1. The summed E-state index contributed by atoms with van der Waals surface area (Å²) >= 11 is 0. The second-order valence-corrected chi connectivity index (χ2v) is 6.02. The van der Waals surface area contributed by atoms with Gasteiger partial charge in [-0.2, -0.15) is 0 Å². The summed E-state index contributed by atoms with van der Waals surface area (Å²) in [5.74, 6) is 0.246. The van der Waals surface area contributed by atoms with Gasteiger partial charge in [0.05, 0.1) is 18.8 Å². The van der Waals surface area contributed by atoms with Crippen molar-refractivity contribution in [1.29, 1.82) is 0 Å². The molecule has 2 N–H and O–H groups in total. The maximum absolute atomic E-state index is 11.8. The third-order valence-electron chi connectivity index (χ3n) is 4.14. The van der Waals surface area contributed by atoms with E-state index >= 15 is 0 Å². The van der Waals surface area contributed by atoms with Gasteiger partial charge in [-0.05, 0) is 32.4 Å². The molecule has 1 saturated heterocycles. The minimum Gasteiger partial charge on any atom is -0.379 e. The number of aryl methyl sites for hydroxylation is 2. The van der Waals surface area contributed by atoms with Crippen LogP contribution in [-0.2, 0) is 4.74 Å². The minimum atomic E-state index is -0.425. The predicted octanol–water partition coefficient (Wildman–Crippen LogP) is 0.954. The number of morpholine rings is 1. The molecule has 0 spiro atoms. The smallest absolute Gasteiger partial charge is 0.252 e. The Morgan fingerprint density at radius 3 is 2.68 bits per heavy atom. The number of rotatable bonds is 5. The van der Waals surface area contributed by atoms with Gasteiger partial charge in [0.15, 0.2) is 0 Å². The zero-order valence-electron chi connectivity index (χ0n) is 13.9. The SMILES string of the molecule is Cc1cc(C)c(C(N)=O)c(N(C)CC(C)N2CCOCC2)n1. The normalized spacial score (nSPS) is 17.3. The lowest BCUT2D eigenvalue weighted by atomic mass is 10.1. The van der Waals surface area contributed by atoms with E-state index in [0.717, 1.165) is 44.1 Å². The van der Waals surface area contributed by atoms with Gasteiger partial charge >= 0.3 is 0 Å². The molecule has 22 heavy (non-hydrogen) atoms. The first-order valence-electron chi connectivity index (χ1n) is 7.71. The van der Waals surface area contributed by atoms with Crippen LogP contribution in [0.1, 0.15) is 28.5 Å². The molecule has 0 saturated carbocycles.